The molecule has 2 aliphatic rings. The number of likely N-dealkylation sites (tertiary alicyclic amines) is 1. The van der Waals surface area contributed by atoms with Crippen LogP contribution >= 0.6 is 0 Å². The molecule has 2 atom stereocenters. The van der Waals surface area contributed by atoms with Crippen LogP contribution in [-0.4, -0.2) is 24.5 Å². The summed E-state index contributed by atoms with van der Waals surface area (Å²) in [6.07, 6.45) is 7.54. The Morgan fingerprint density at radius 1 is 1.08 bits per heavy atom. The number of rotatable bonds is 1. The van der Waals surface area contributed by atoms with Gasteiger partial charge in [-0.1, -0.05) is 26.2 Å². The van der Waals surface area contributed by atoms with E-state index in [9.17, 15) is 0 Å². The Hall–Kier alpha value is -0.0400. The Morgan fingerprint density at radius 2 is 1.83 bits per heavy atom. The first-order valence-corrected chi connectivity index (χ1v) is 5.62. The van der Waals surface area contributed by atoms with Crippen molar-refractivity contribution >= 4 is 0 Å². The molecule has 0 unspecified atom stereocenters. The van der Waals surface area contributed by atoms with Crippen molar-refractivity contribution in [2.24, 2.45) is 11.8 Å². The van der Waals surface area contributed by atoms with Crippen LogP contribution in [-0.2, 0) is 0 Å². The molecule has 1 saturated carbocycles. The highest BCUT2D eigenvalue weighted by Crippen LogP contribution is 2.35. The van der Waals surface area contributed by atoms with Crippen LogP contribution in [0, 0.1) is 11.8 Å². The summed E-state index contributed by atoms with van der Waals surface area (Å²) in [5.41, 5.74) is 0. The van der Waals surface area contributed by atoms with E-state index in [-0.39, 0.29) is 0 Å². The molecule has 1 aliphatic carbocycles. The summed E-state index contributed by atoms with van der Waals surface area (Å²) in [6.45, 7) is 6.34. The molecular formula is C11H21N. The van der Waals surface area contributed by atoms with E-state index >= 15 is 0 Å². The topological polar surface area (TPSA) is 3.24 Å². The molecule has 1 heterocycles. The Labute approximate surface area is 76.1 Å². The van der Waals surface area contributed by atoms with Crippen molar-refractivity contribution < 1.29 is 0 Å². The van der Waals surface area contributed by atoms with Gasteiger partial charge in [0, 0.05) is 6.54 Å². The second-order valence-corrected chi connectivity index (χ2v) is 4.49. The van der Waals surface area contributed by atoms with Gasteiger partial charge in [-0.3, -0.25) is 0 Å². The van der Waals surface area contributed by atoms with Crippen LogP contribution < -0.4 is 0 Å². The van der Waals surface area contributed by atoms with Crippen molar-refractivity contribution in [3.8, 4) is 0 Å². The average Bonchev–Trinajstić information content (AvgIpc) is 2.17. The summed E-state index contributed by atoms with van der Waals surface area (Å²) in [6, 6.07) is 0. The van der Waals surface area contributed by atoms with Gasteiger partial charge in [0.25, 0.3) is 0 Å². The van der Waals surface area contributed by atoms with Crippen LogP contribution in [0.4, 0.5) is 0 Å². The van der Waals surface area contributed by atoms with Crippen LogP contribution in [0.2, 0.25) is 0 Å². The minimum absolute atomic E-state index is 1.06. The molecule has 1 aliphatic heterocycles. The van der Waals surface area contributed by atoms with Gasteiger partial charge in [-0.15, -0.1) is 0 Å². The summed E-state index contributed by atoms with van der Waals surface area (Å²) >= 11 is 0. The highest BCUT2D eigenvalue weighted by atomic mass is 15.1. The van der Waals surface area contributed by atoms with E-state index in [1.54, 1.807) is 0 Å². The zero-order valence-corrected chi connectivity index (χ0v) is 8.26. The molecule has 2 rings (SSSR count). The fourth-order valence-corrected chi connectivity index (χ4v) is 2.96. The van der Waals surface area contributed by atoms with Crippen LogP contribution in [0.25, 0.3) is 0 Å². The summed E-state index contributed by atoms with van der Waals surface area (Å²) in [7, 11) is 0. The lowest BCUT2D eigenvalue weighted by atomic mass is 9.75. The molecule has 0 radical (unpaired) electrons. The van der Waals surface area contributed by atoms with Crippen LogP contribution in [0.15, 0.2) is 0 Å². The molecule has 2 fully saturated rings. The monoisotopic (exact) mass is 167 g/mol. The van der Waals surface area contributed by atoms with Gasteiger partial charge in [-0.25, -0.2) is 0 Å². The largest absolute Gasteiger partial charge is 0.303 e. The van der Waals surface area contributed by atoms with Crippen LogP contribution in [0.5, 0.6) is 0 Å². The van der Waals surface area contributed by atoms with E-state index in [0.717, 1.165) is 11.8 Å². The molecule has 12 heavy (non-hydrogen) atoms. The molecule has 0 bridgehead atoms. The number of nitrogens with zero attached hydrogens (tertiary/aromatic N) is 1. The first-order chi connectivity index (χ1) is 5.90. The lowest BCUT2D eigenvalue weighted by molar-refractivity contribution is 0.0908. The molecule has 1 nitrogen and oxygen atoms in total. The van der Waals surface area contributed by atoms with Crippen LogP contribution in [0.3, 0.4) is 0 Å². The molecule has 1 saturated heterocycles. The molecule has 0 N–H and O–H groups in total. The summed E-state index contributed by atoms with van der Waals surface area (Å²) in [5.74, 6) is 2.16. The lowest BCUT2D eigenvalue weighted by Gasteiger charge is -2.40. The standard InChI is InChI=1S/C11H21N/c1-2-12-8-7-10-5-3-4-6-11(10)9-12/h10-11H,2-9H2,1H3/t10-,11-/m0/s1. The Bertz CT molecular complexity index is 144. The Kier molecular flexibility index (Phi) is 2.69. The molecule has 0 aromatic heterocycles. The fraction of sp³-hybridized carbons (Fsp3) is 1.00. The van der Waals surface area contributed by atoms with Gasteiger partial charge in [0.1, 0.15) is 0 Å². The molecule has 0 aromatic rings. The Balaban J connectivity index is 1.90. The minimum atomic E-state index is 1.06. The SMILES string of the molecule is CCN1CC[C@@H]2CCCC[C@H]2C1. The van der Waals surface area contributed by atoms with Crippen molar-refractivity contribution in [1.82, 2.24) is 4.90 Å². The van der Waals surface area contributed by atoms with Crippen molar-refractivity contribution in [2.75, 3.05) is 19.6 Å². The second-order valence-electron chi connectivity index (χ2n) is 4.49. The maximum Gasteiger partial charge on any atom is 0.00122 e. The van der Waals surface area contributed by atoms with Gasteiger partial charge in [-0.05, 0) is 37.8 Å². The van der Waals surface area contributed by atoms with E-state index in [1.807, 2.05) is 0 Å². The van der Waals surface area contributed by atoms with E-state index in [4.69, 9.17) is 0 Å². The summed E-state index contributed by atoms with van der Waals surface area (Å²) in [5, 5.41) is 0. The smallest absolute Gasteiger partial charge is 0.00122 e. The maximum atomic E-state index is 2.63. The van der Waals surface area contributed by atoms with Gasteiger partial charge in [0.2, 0.25) is 0 Å². The molecule has 70 valence electrons. The van der Waals surface area contributed by atoms with Crippen molar-refractivity contribution in [2.45, 2.75) is 39.0 Å². The lowest BCUT2D eigenvalue weighted by Crippen LogP contribution is -2.41. The van der Waals surface area contributed by atoms with Crippen molar-refractivity contribution in [3.63, 3.8) is 0 Å². The quantitative estimate of drug-likeness (QED) is 0.580. The fourth-order valence-electron chi connectivity index (χ4n) is 2.96. The van der Waals surface area contributed by atoms with Gasteiger partial charge < -0.3 is 4.90 Å². The van der Waals surface area contributed by atoms with E-state index in [2.05, 4.69) is 11.8 Å². The highest BCUT2D eigenvalue weighted by molar-refractivity contribution is 4.82. The first-order valence-electron chi connectivity index (χ1n) is 5.62. The van der Waals surface area contributed by atoms with Gasteiger partial charge >= 0.3 is 0 Å². The van der Waals surface area contributed by atoms with Gasteiger partial charge in [0.15, 0.2) is 0 Å². The maximum absolute atomic E-state index is 2.63. The first kappa shape index (κ1) is 8.55. The molecular weight excluding hydrogens is 146 g/mol. The molecule has 0 amide bonds. The number of hydrogen-bond donors (Lipinski definition) is 0. The zero-order valence-electron chi connectivity index (χ0n) is 8.26. The van der Waals surface area contributed by atoms with Crippen LogP contribution in [0.1, 0.15) is 39.0 Å². The third-order valence-electron chi connectivity index (χ3n) is 3.82. The minimum Gasteiger partial charge on any atom is -0.303 e. The van der Waals surface area contributed by atoms with Gasteiger partial charge in [0.05, 0.1) is 0 Å². The Morgan fingerprint density at radius 3 is 2.58 bits per heavy atom. The third kappa shape index (κ3) is 1.66. The molecule has 0 spiro atoms. The zero-order chi connectivity index (χ0) is 8.39. The predicted molar refractivity (Wildman–Crippen MR) is 52.2 cm³/mol. The summed E-state index contributed by atoms with van der Waals surface area (Å²) in [4.78, 5) is 2.63. The summed E-state index contributed by atoms with van der Waals surface area (Å²) < 4.78 is 0. The third-order valence-corrected chi connectivity index (χ3v) is 3.82. The number of piperidine rings is 1. The number of hydrogen-bond acceptors (Lipinski definition) is 1. The van der Waals surface area contributed by atoms with Crippen molar-refractivity contribution in [3.05, 3.63) is 0 Å². The molecule has 1 heteroatoms. The van der Waals surface area contributed by atoms with E-state index in [1.165, 1.54) is 51.7 Å². The second kappa shape index (κ2) is 3.78. The highest BCUT2D eigenvalue weighted by Gasteiger charge is 2.30. The van der Waals surface area contributed by atoms with E-state index in [0.29, 0.717) is 0 Å². The van der Waals surface area contributed by atoms with Crippen molar-refractivity contribution in [1.29, 1.82) is 0 Å². The average molecular weight is 167 g/mol. The molecule has 0 aromatic carbocycles. The number of fused-ring (bicyclic) bond motifs is 1. The van der Waals surface area contributed by atoms with E-state index < -0.39 is 0 Å². The van der Waals surface area contributed by atoms with Gasteiger partial charge in [-0.2, -0.15) is 0 Å². The predicted octanol–water partition coefficient (Wildman–Crippen LogP) is 2.52. The normalized spacial score (nSPS) is 37.8.